The Morgan fingerprint density at radius 1 is 1.05 bits per heavy atom. The van der Waals surface area contributed by atoms with Gasteiger partial charge in [0.1, 0.15) is 23.6 Å². The summed E-state index contributed by atoms with van der Waals surface area (Å²) in [7, 11) is -4.17. The van der Waals surface area contributed by atoms with E-state index < -0.39 is 28.9 Å². The molecule has 4 rings (SSSR count). The number of aryl methyl sites for hydroxylation is 1. The van der Waals surface area contributed by atoms with Gasteiger partial charge in [-0.1, -0.05) is 36.4 Å². The SMILES string of the molecule is CC1(C)CCc2cc(S(=O)(=O)N(CC(=O)O)Cc3ccc(-c4cccc(OC(F)(F)F)c4)cc3)ccc2O1. The highest BCUT2D eigenvalue weighted by Gasteiger charge is 2.32. The highest BCUT2D eigenvalue weighted by Crippen LogP contribution is 2.35. The summed E-state index contributed by atoms with van der Waals surface area (Å²) in [5.74, 6) is -1.07. The molecule has 11 heteroatoms. The van der Waals surface area contributed by atoms with Crippen LogP contribution in [0.4, 0.5) is 13.2 Å². The maximum Gasteiger partial charge on any atom is 0.573 e. The van der Waals surface area contributed by atoms with Crippen LogP contribution < -0.4 is 9.47 Å². The topological polar surface area (TPSA) is 93.1 Å². The molecule has 0 unspecified atom stereocenters. The lowest BCUT2D eigenvalue weighted by Crippen LogP contribution is -2.36. The number of alkyl halides is 3. The zero-order valence-electron chi connectivity index (χ0n) is 20.7. The summed E-state index contributed by atoms with van der Waals surface area (Å²) in [6, 6.07) is 16.4. The molecule has 3 aromatic carbocycles. The Labute approximate surface area is 218 Å². The molecule has 0 radical (unpaired) electrons. The Balaban J connectivity index is 1.56. The van der Waals surface area contributed by atoms with Gasteiger partial charge in [0.15, 0.2) is 0 Å². The first kappa shape index (κ1) is 27.5. The molecule has 0 aromatic heterocycles. The van der Waals surface area contributed by atoms with Crippen LogP contribution in [0.3, 0.4) is 0 Å². The van der Waals surface area contributed by atoms with Crippen molar-refractivity contribution in [1.29, 1.82) is 0 Å². The molecule has 202 valence electrons. The van der Waals surface area contributed by atoms with Gasteiger partial charge >= 0.3 is 12.3 Å². The van der Waals surface area contributed by atoms with Crippen LogP contribution in [0.2, 0.25) is 0 Å². The summed E-state index contributed by atoms with van der Waals surface area (Å²) < 4.78 is 75.3. The van der Waals surface area contributed by atoms with Crippen LogP contribution in [0.5, 0.6) is 11.5 Å². The fourth-order valence-electron chi connectivity index (χ4n) is 4.20. The number of rotatable bonds is 8. The van der Waals surface area contributed by atoms with Crippen LogP contribution in [-0.2, 0) is 27.8 Å². The van der Waals surface area contributed by atoms with Gasteiger partial charge < -0.3 is 14.6 Å². The largest absolute Gasteiger partial charge is 0.573 e. The van der Waals surface area contributed by atoms with Crippen LogP contribution in [0, 0.1) is 0 Å². The van der Waals surface area contributed by atoms with Crippen molar-refractivity contribution in [2.75, 3.05) is 6.54 Å². The van der Waals surface area contributed by atoms with Gasteiger partial charge in [0.2, 0.25) is 10.0 Å². The molecule has 0 saturated heterocycles. The Bertz CT molecular complexity index is 1440. The lowest BCUT2D eigenvalue weighted by atomic mass is 9.94. The van der Waals surface area contributed by atoms with Gasteiger partial charge in [0, 0.05) is 6.54 Å². The third-order valence-electron chi connectivity index (χ3n) is 6.08. The number of sulfonamides is 1. The molecule has 0 spiro atoms. The highest BCUT2D eigenvalue weighted by molar-refractivity contribution is 7.89. The van der Waals surface area contributed by atoms with E-state index in [1.54, 1.807) is 36.4 Å². The van der Waals surface area contributed by atoms with E-state index in [9.17, 15) is 31.5 Å². The number of benzene rings is 3. The first-order valence-electron chi connectivity index (χ1n) is 11.7. The molecular weight excluding hydrogens is 523 g/mol. The van der Waals surface area contributed by atoms with Crippen molar-refractivity contribution in [3.63, 3.8) is 0 Å². The number of halogens is 3. The predicted molar refractivity (Wildman–Crippen MR) is 133 cm³/mol. The molecule has 1 aliphatic heterocycles. The minimum Gasteiger partial charge on any atom is -0.488 e. The number of hydrogen-bond acceptors (Lipinski definition) is 5. The average Bonchev–Trinajstić information content (AvgIpc) is 2.82. The lowest BCUT2D eigenvalue weighted by molar-refractivity contribution is -0.274. The summed E-state index contributed by atoms with van der Waals surface area (Å²) in [6.07, 6.45) is -3.48. The molecule has 0 fully saturated rings. The van der Waals surface area contributed by atoms with E-state index in [1.807, 2.05) is 13.8 Å². The molecule has 7 nitrogen and oxygen atoms in total. The third kappa shape index (κ3) is 6.65. The number of carboxylic acid groups (broad SMARTS) is 1. The zero-order valence-corrected chi connectivity index (χ0v) is 21.5. The van der Waals surface area contributed by atoms with Crippen LogP contribution in [0.1, 0.15) is 31.4 Å². The first-order valence-corrected chi connectivity index (χ1v) is 13.1. The van der Waals surface area contributed by atoms with Crippen molar-refractivity contribution < 1.29 is 41.0 Å². The maximum absolute atomic E-state index is 13.4. The van der Waals surface area contributed by atoms with Crippen molar-refractivity contribution >= 4 is 16.0 Å². The van der Waals surface area contributed by atoms with Crippen molar-refractivity contribution in [2.24, 2.45) is 0 Å². The van der Waals surface area contributed by atoms with Gasteiger partial charge in [-0.3, -0.25) is 4.79 Å². The van der Waals surface area contributed by atoms with E-state index in [1.165, 1.54) is 30.3 Å². The van der Waals surface area contributed by atoms with Gasteiger partial charge in [-0.2, -0.15) is 4.31 Å². The standard InChI is InChI=1S/C27H26F3NO6S/c1-26(2)13-12-21-15-23(10-11-24(21)37-26)38(34,35)31(17-25(32)33)16-18-6-8-19(9-7-18)20-4-3-5-22(14-20)36-27(28,29)30/h3-11,14-15H,12-13,16-17H2,1-2H3,(H,32,33). The number of ether oxygens (including phenoxy) is 2. The summed E-state index contributed by atoms with van der Waals surface area (Å²) in [6.45, 7) is 2.94. The molecule has 0 aliphatic carbocycles. The summed E-state index contributed by atoms with van der Waals surface area (Å²) >= 11 is 0. The van der Waals surface area contributed by atoms with Gasteiger partial charge in [-0.25, -0.2) is 8.42 Å². The zero-order chi connectivity index (χ0) is 27.7. The van der Waals surface area contributed by atoms with Crippen molar-refractivity contribution in [2.45, 2.75) is 50.1 Å². The third-order valence-corrected chi connectivity index (χ3v) is 7.87. The average molecular weight is 550 g/mol. The number of hydrogen-bond donors (Lipinski definition) is 1. The van der Waals surface area contributed by atoms with Crippen molar-refractivity contribution in [3.8, 4) is 22.6 Å². The molecule has 1 aliphatic rings. The van der Waals surface area contributed by atoms with Crippen LogP contribution >= 0.6 is 0 Å². The number of carboxylic acids is 1. The van der Waals surface area contributed by atoms with Crippen molar-refractivity contribution in [3.05, 3.63) is 77.9 Å². The number of nitrogens with zero attached hydrogens (tertiary/aromatic N) is 1. The first-order chi connectivity index (χ1) is 17.7. The number of aliphatic carboxylic acids is 1. The molecule has 0 amide bonds. The second kappa shape index (κ2) is 10.3. The molecule has 0 atom stereocenters. The Morgan fingerprint density at radius 3 is 2.42 bits per heavy atom. The van der Waals surface area contributed by atoms with E-state index in [0.717, 1.165) is 9.87 Å². The van der Waals surface area contributed by atoms with Crippen LogP contribution in [-0.4, -0.2) is 42.3 Å². The Morgan fingerprint density at radius 2 is 1.76 bits per heavy atom. The van der Waals surface area contributed by atoms with Crippen molar-refractivity contribution in [1.82, 2.24) is 4.31 Å². The van der Waals surface area contributed by atoms with Gasteiger partial charge in [0.25, 0.3) is 0 Å². The lowest BCUT2D eigenvalue weighted by Gasteiger charge is -2.33. The highest BCUT2D eigenvalue weighted by atomic mass is 32.2. The summed E-state index contributed by atoms with van der Waals surface area (Å²) in [5.41, 5.74) is 1.92. The molecule has 0 bridgehead atoms. The Hall–Kier alpha value is -3.57. The van der Waals surface area contributed by atoms with Gasteiger partial charge in [-0.15, -0.1) is 13.2 Å². The van der Waals surface area contributed by atoms with E-state index in [2.05, 4.69) is 4.74 Å². The molecule has 1 N–H and O–H groups in total. The normalized spacial score (nSPS) is 15.0. The number of carbonyl (C=O) groups is 1. The van der Waals surface area contributed by atoms with Crippen LogP contribution in [0.15, 0.2) is 71.6 Å². The summed E-state index contributed by atoms with van der Waals surface area (Å²) in [5, 5.41) is 9.40. The molecule has 38 heavy (non-hydrogen) atoms. The molecule has 1 heterocycles. The fourth-order valence-corrected chi connectivity index (χ4v) is 5.63. The van der Waals surface area contributed by atoms with E-state index in [-0.39, 0.29) is 22.8 Å². The second-order valence-electron chi connectivity index (χ2n) is 9.57. The van der Waals surface area contributed by atoms with E-state index >= 15 is 0 Å². The second-order valence-corrected chi connectivity index (χ2v) is 11.5. The van der Waals surface area contributed by atoms with E-state index in [0.29, 0.717) is 35.3 Å². The maximum atomic E-state index is 13.4. The van der Waals surface area contributed by atoms with E-state index in [4.69, 9.17) is 4.74 Å². The Kier molecular flexibility index (Phi) is 7.44. The summed E-state index contributed by atoms with van der Waals surface area (Å²) in [4.78, 5) is 11.5. The van der Waals surface area contributed by atoms with Gasteiger partial charge in [0.05, 0.1) is 4.90 Å². The number of fused-ring (bicyclic) bond motifs is 1. The fraction of sp³-hybridized carbons (Fsp3) is 0.296. The monoisotopic (exact) mass is 549 g/mol. The molecule has 3 aromatic rings. The molecular formula is C27H26F3NO6S. The predicted octanol–water partition coefficient (Wildman–Crippen LogP) is 5.63. The van der Waals surface area contributed by atoms with Gasteiger partial charge in [-0.05, 0) is 79.3 Å². The smallest absolute Gasteiger partial charge is 0.488 e. The minimum absolute atomic E-state index is 0.0288. The molecule has 0 saturated carbocycles. The minimum atomic E-state index is -4.82. The van der Waals surface area contributed by atoms with Crippen LogP contribution in [0.25, 0.3) is 11.1 Å². The quantitative estimate of drug-likeness (QED) is 0.392.